The van der Waals surface area contributed by atoms with E-state index < -0.39 is 9.05 Å². The maximum atomic E-state index is 11.2. The van der Waals surface area contributed by atoms with E-state index in [0.29, 0.717) is 30.3 Å². The van der Waals surface area contributed by atoms with Gasteiger partial charge in [0.15, 0.2) is 11.5 Å². The van der Waals surface area contributed by atoms with Crippen molar-refractivity contribution in [3.05, 3.63) is 23.8 Å². The van der Waals surface area contributed by atoms with Crippen molar-refractivity contribution >= 4 is 19.7 Å². The largest absolute Gasteiger partial charge is 0.493 e. The minimum Gasteiger partial charge on any atom is -0.493 e. The molecule has 5 nitrogen and oxygen atoms in total. The van der Waals surface area contributed by atoms with E-state index in [1.54, 1.807) is 18.2 Å². The second kappa shape index (κ2) is 5.98. The maximum Gasteiger partial charge on any atom is 0.236 e. The zero-order valence-electron chi connectivity index (χ0n) is 10.5. The molecule has 1 aliphatic rings. The van der Waals surface area contributed by atoms with E-state index in [2.05, 4.69) is 0 Å². The molecule has 0 aliphatic carbocycles. The van der Waals surface area contributed by atoms with E-state index in [9.17, 15) is 8.42 Å². The summed E-state index contributed by atoms with van der Waals surface area (Å²) in [5.74, 6) is 0.615. The Bertz CT molecular complexity index is 537. The lowest BCUT2D eigenvalue weighted by Crippen LogP contribution is -2.17. The molecular weight excluding hydrogens is 292 g/mol. The van der Waals surface area contributed by atoms with Gasteiger partial charge in [-0.1, -0.05) is 12.1 Å². The lowest BCUT2D eigenvalue weighted by molar-refractivity contribution is 0.138. The zero-order valence-corrected chi connectivity index (χ0v) is 12.0. The summed E-state index contributed by atoms with van der Waals surface area (Å²) in [6, 6.07) is 5.08. The molecule has 1 atom stereocenters. The van der Waals surface area contributed by atoms with E-state index in [0.717, 1.165) is 6.42 Å². The fourth-order valence-electron chi connectivity index (χ4n) is 1.93. The van der Waals surface area contributed by atoms with Gasteiger partial charge in [-0.25, -0.2) is 8.42 Å². The lowest BCUT2D eigenvalue weighted by Gasteiger charge is -2.17. The van der Waals surface area contributed by atoms with Crippen LogP contribution in [0.15, 0.2) is 18.2 Å². The van der Waals surface area contributed by atoms with Crippen LogP contribution in [-0.2, 0) is 19.5 Å². The highest BCUT2D eigenvalue weighted by atomic mass is 35.7. The fourth-order valence-corrected chi connectivity index (χ4v) is 2.88. The van der Waals surface area contributed by atoms with Gasteiger partial charge in [-0.15, -0.1) is 0 Å². The second-order valence-corrected chi connectivity index (χ2v) is 7.01. The number of para-hydroxylation sites is 1. The van der Waals surface area contributed by atoms with Gasteiger partial charge in [-0.2, -0.15) is 0 Å². The first-order valence-corrected chi connectivity index (χ1v) is 8.30. The van der Waals surface area contributed by atoms with Crippen LogP contribution in [0.2, 0.25) is 0 Å². The highest BCUT2D eigenvalue weighted by Gasteiger charge is 2.22. The van der Waals surface area contributed by atoms with Crippen LogP contribution < -0.4 is 9.47 Å². The molecule has 1 aromatic rings. The van der Waals surface area contributed by atoms with Crippen LogP contribution in [0.1, 0.15) is 12.0 Å². The number of benzene rings is 1. The lowest BCUT2D eigenvalue weighted by atomic mass is 10.2. The van der Waals surface area contributed by atoms with Gasteiger partial charge in [-0.3, -0.25) is 0 Å². The Morgan fingerprint density at radius 2 is 2.26 bits per heavy atom. The molecule has 0 N–H and O–H groups in total. The van der Waals surface area contributed by atoms with Crippen LogP contribution in [-0.4, -0.2) is 34.8 Å². The Balaban J connectivity index is 2.30. The SMILES string of the molecule is COc1cccc(CS(=O)(=O)Cl)c1OC1CCOC1. The van der Waals surface area contributed by atoms with E-state index in [1.807, 2.05) is 0 Å². The van der Waals surface area contributed by atoms with Crippen LogP contribution >= 0.6 is 10.7 Å². The predicted molar refractivity (Wildman–Crippen MR) is 71.3 cm³/mol. The first-order valence-electron chi connectivity index (χ1n) is 5.82. The molecule has 1 fully saturated rings. The number of methoxy groups -OCH3 is 1. The average Bonchev–Trinajstić information content (AvgIpc) is 2.82. The molecule has 1 unspecified atom stereocenters. The van der Waals surface area contributed by atoms with E-state index in [1.165, 1.54) is 7.11 Å². The van der Waals surface area contributed by atoms with Crippen molar-refractivity contribution in [2.75, 3.05) is 20.3 Å². The molecule has 0 bridgehead atoms. The van der Waals surface area contributed by atoms with Crippen LogP contribution in [0.3, 0.4) is 0 Å². The number of hydrogen-bond acceptors (Lipinski definition) is 5. The zero-order chi connectivity index (χ0) is 13.9. The molecule has 19 heavy (non-hydrogen) atoms. The summed E-state index contributed by atoms with van der Waals surface area (Å²) in [6.07, 6.45) is 0.679. The summed E-state index contributed by atoms with van der Waals surface area (Å²) >= 11 is 0. The number of rotatable bonds is 5. The molecule has 1 heterocycles. The van der Waals surface area contributed by atoms with Crippen molar-refractivity contribution in [2.24, 2.45) is 0 Å². The van der Waals surface area contributed by atoms with Gasteiger partial charge in [-0.05, 0) is 6.07 Å². The van der Waals surface area contributed by atoms with Gasteiger partial charge >= 0.3 is 0 Å². The fraction of sp³-hybridized carbons (Fsp3) is 0.500. The van der Waals surface area contributed by atoms with Gasteiger partial charge in [0, 0.05) is 22.7 Å². The van der Waals surface area contributed by atoms with Crippen molar-refractivity contribution in [3.63, 3.8) is 0 Å². The average molecular weight is 307 g/mol. The Morgan fingerprint density at radius 3 is 2.84 bits per heavy atom. The molecule has 0 spiro atoms. The van der Waals surface area contributed by atoms with Crippen molar-refractivity contribution < 1.29 is 22.6 Å². The summed E-state index contributed by atoms with van der Waals surface area (Å²) in [4.78, 5) is 0. The summed E-state index contributed by atoms with van der Waals surface area (Å²) in [7, 11) is 3.16. The quantitative estimate of drug-likeness (QED) is 0.778. The van der Waals surface area contributed by atoms with Gasteiger partial charge < -0.3 is 14.2 Å². The van der Waals surface area contributed by atoms with Gasteiger partial charge in [0.25, 0.3) is 0 Å². The van der Waals surface area contributed by atoms with Crippen molar-refractivity contribution in [1.82, 2.24) is 0 Å². The first-order chi connectivity index (χ1) is 8.99. The Labute approximate surface area is 116 Å². The third-order valence-electron chi connectivity index (χ3n) is 2.78. The van der Waals surface area contributed by atoms with Crippen LogP contribution in [0.5, 0.6) is 11.5 Å². The van der Waals surface area contributed by atoms with Crippen LogP contribution in [0, 0.1) is 0 Å². The van der Waals surface area contributed by atoms with Crippen LogP contribution in [0.25, 0.3) is 0 Å². The third-order valence-corrected chi connectivity index (χ3v) is 3.76. The van der Waals surface area contributed by atoms with E-state index in [-0.39, 0.29) is 11.9 Å². The molecule has 0 aromatic heterocycles. The molecule has 1 aromatic carbocycles. The Kier molecular flexibility index (Phi) is 4.54. The van der Waals surface area contributed by atoms with Crippen molar-refractivity contribution in [3.8, 4) is 11.5 Å². The number of ether oxygens (including phenoxy) is 3. The molecule has 1 aliphatic heterocycles. The molecule has 7 heteroatoms. The minimum absolute atomic E-state index is 0.0897. The topological polar surface area (TPSA) is 61.8 Å². The predicted octanol–water partition coefficient (Wildman–Crippen LogP) is 1.93. The molecule has 106 valence electrons. The Hall–Kier alpha value is -0.980. The summed E-state index contributed by atoms with van der Waals surface area (Å²) in [5, 5.41) is 0. The standard InChI is InChI=1S/C12H15ClO5S/c1-16-11-4-2-3-9(8-19(13,14)15)12(11)18-10-5-6-17-7-10/h2-4,10H,5-8H2,1H3. The minimum atomic E-state index is -3.65. The molecule has 0 amide bonds. The third kappa shape index (κ3) is 3.99. The molecule has 2 rings (SSSR count). The molecule has 0 saturated carbocycles. The molecule has 0 radical (unpaired) electrons. The Morgan fingerprint density at radius 1 is 1.47 bits per heavy atom. The molecular formula is C12H15ClO5S. The van der Waals surface area contributed by atoms with E-state index >= 15 is 0 Å². The summed E-state index contributed by atoms with van der Waals surface area (Å²) < 4.78 is 38.7. The van der Waals surface area contributed by atoms with E-state index in [4.69, 9.17) is 24.9 Å². The summed E-state index contributed by atoms with van der Waals surface area (Å²) in [6.45, 7) is 1.13. The highest BCUT2D eigenvalue weighted by Crippen LogP contribution is 2.34. The normalized spacial score (nSPS) is 19.4. The smallest absolute Gasteiger partial charge is 0.236 e. The van der Waals surface area contributed by atoms with Crippen molar-refractivity contribution in [1.29, 1.82) is 0 Å². The van der Waals surface area contributed by atoms with Gasteiger partial charge in [0.2, 0.25) is 9.05 Å². The number of halogens is 1. The highest BCUT2D eigenvalue weighted by molar-refractivity contribution is 8.13. The van der Waals surface area contributed by atoms with Crippen molar-refractivity contribution in [2.45, 2.75) is 18.3 Å². The van der Waals surface area contributed by atoms with Gasteiger partial charge in [0.05, 0.1) is 26.1 Å². The monoisotopic (exact) mass is 306 g/mol. The second-order valence-electron chi connectivity index (χ2n) is 4.24. The van der Waals surface area contributed by atoms with Gasteiger partial charge in [0.1, 0.15) is 6.10 Å². The first kappa shape index (κ1) is 14.4. The maximum absolute atomic E-state index is 11.2. The molecule has 1 saturated heterocycles. The van der Waals surface area contributed by atoms with Crippen LogP contribution in [0.4, 0.5) is 0 Å². The summed E-state index contributed by atoms with van der Waals surface area (Å²) in [5.41, 5.74) is 0.487. The number of hydrogen-bond donors (Lipinski definition) is 0.